The SMILES string of the molecule is COC(=O)c1ccc(OC2CC(N(C)C(=O)OC(C)(C)C)C2)c(Br)c1. The van der Waals surface area contributed by atoms with Gasteiger partial charge in [-0.1, -0.05) is 0 Å². The van der Waals surface area contributed by atoms with Crippen molar-refractivity contribution >= 4 is 28.0 Å². The van der Waals surface area contributed by atoms with Crippen molar-refractivity contribution in [1.82, 2.24) is 4.90 Å². The summed E-state index contributed by atoms with van der Waals surface area (Å²) < 4.78 is 16.7. The van der Waals surface area contributed by atoms with Crippen molar-refractivity contribution in [3.63, 3.8) is 0 Å². The van der Waals surface area contributed by atoms with E-state index >= 15 is 0 Å². The Morgan fingerprint density at radius 3 is 2.40 bits per heavy atom. The van der Waals surface area contributed by atoms with E-state index in [9.17, 15) is 9.59 Å². The van der Waals surface area contributed by atoms with E-state index in [-0.39, 0.29) is 18.2 Å². The highest BCUT2D eigenvalue weighted by atomic mass is 79.9. The molecule has 1 aromatic carbocycles. The molecule has 0 unspecified atom stereocenters. The fourth-order valence-electron chi connectivity index (χ4n) is 2.45. The maximum atomic E-state index is 12.1. The first-order chi connectivity index (χ1) is 11.6. The summed E-state index contributed by atoms with van der Waals surface area (Å²) in [7, 11) is 3.09. The zero-order valence-electron chi connectivity index (χ0n) is 15.2. The zero-order valence-corrected chi connectivity index (χ0v) is 16.8. The molecule has 6 nitrogen and oxygen atoms in total. The van der Waals surface area contributed by atoms with Crippen LogP contribution in [0.4, 0.5) is 4.79 Å². The van der Waals surface area contributed by atoms with Crippen LogP contribution in [0.25, 0.3) is 0 Å². The first kappa shape index (κ1) is 19.6. The van der Waals surface area contributed by atoms with E-state index in [1.165, 1.54) is 7.11 Å². The molecule has 1 aromatic rings. The number of amides is 1. The average molecular weight is 414 g/mol. The topological polar surface area (TPSA) is 65.1 Å². The molecule has 1 aliphatic carbocycles. The minimum Gasteiger partial charge on any atom is -0.489 e. The van der Waals surface area contributed by atoms with Gasteiger partial charge in [-0.15, -0.1) is 0 Å². The number of halogens is 1. The summed E-state index contributed by atoms with van der Waals surface area (Å²) in [6, 6.07) is 5.17. The van der Waals surface area contributed by atoms with E-state index in [1.54, 1.807) is 30.1 Å². The van der Waals surface area contributed by atoms with Gasteiger partial charge in [0.1, 0.15) is 17.5 Å². The fourth-order valence-corrected chi connectivity index (χ4v) is 2.93. The van der Waals surface area contributed by atoms with E-state index in [1.807, 2.05) is 20.8 Å². The van der Waals surface area contributed by atoms with Gasteiger partial charge in [-0.3, -0.25) is 0 Å². The molecular weight excluding hydrogens is 390 g/mol. The van der Waals surface area contributed by atoms with Crippen LogP contribution in [0.2, 0.25) is 0 Å². The lowest BCUT2D eigenvalue weighted by molar-refractivity contribution is -0.00888. The average Bonchev–Trinajstić information content (AvgIpc) is 2.48. The van der Waals surface area contributed by atoms with Crippen molar-refractivity contribution in [1.29, 1.82) is 0 Å². The van der Waals surface area contributed by atoms with Crippen LogP contribution in [0.3, 0.4) is 0 Å². The van der Waals surface area contributed by atoms with Crippen molar-refractivity contribution in [3.8, 4) is 5.75 Å². The number of nitrogens with zero attached hydrogens (tertiary/aromatic N) is 1. The third-order valence-corrected chi connectivity index (χ3v) is 4.57. The molecule has 0 aromatic heterocycles. The number of methoxy groups -OCH3 is 1. The summed E-state index contributed by atoms with van der Waals surface area (Å²) >= 11 is 3.41. The minimum absolute atomic E-state index is 0.0233. The van der Waals surface area contributed by atoms with Crippen LogP contribution in [0.5, 0.6) is 5.75 Å². The summed E-state index contributed by atoms with van der Waals surface area (Å²) in [6.07, 6.45) is 1.18. The van der Waals surface area contributed by atoms with Gasteiger partial charge < -0.3 is 19.1 Å². The number of hydrogen-bond acceptors (Lipinski definition) is 5. The summed E-state index contributed by atoms with van der Waals surface area (Å²) in [6.45, 7) is 5.54. The van der Waals surface area contributed by atoms with Gasteiger partial charge in [-0.25, -0.2) is 9.59 Å². The van der Waals surface area contributed by atoms with Crippen LogP contribution in [0.15, 0.2) is 22.7 Å². The van der Waals surface area contributed by atoms with E-state index in [4.69, 9.17) is 14.2 Å². The minimum atomic E-state index is -0.503. The fraction of sp³-hybridized carbons (Fsp3) is 0.556. The van der Waals surface area contributed by atoms with Crippen molar-refractivity contribution < 1.29 is 23.8 Å². The Balaban J connectivity index is 1.87. The van der Waals surface area contributed by atoms with Crippen LogP contribution < -0.4 is 4.74 Å². The van der Waals surface area contributed by atoms with Crippen molar-refractivity contribution in [2.24, 2.45) is 0 Å². The van der Waals surface area contributed by atoms with E-state index < -0.39 is 11.6 Å². The quantitative estimate of drug-likeness (QED) is 0.697. The number of carbonyl (C=O) groups is 2. The lowest BCUT2D eigenvalue weighted by atomic mass is 9.88. The maximum absolute atomic E-state index is 12.1. The number of benzene rings is 1. The molecule has 25 heavy (non-hydrogen) atoms. The lowest BCUT2D eigenvalue weighted by Crippen LogP contribution is -2.51. The zero-order chi connectivity index (χ0) is 18.8. The molecule has 0 heterocycles. The van der Waals surface area contributed by atoms with Gasteiger partial charge >= 0.3 is 12.1 Å². The van der Waals surface area contributed by atoms with Gasteiger partial charge in [0.2, 0.25) is 0 Å². The van der Waals surface area contributed by atoms with Crippen LogP contribution in [-0.4, -0.2) is 48.9 Å². The van der Waals surface area contributed by atoms with Gasteiger partial charge in [0, 0.05) is 25.9 Å². The second-order valence-corrected chi connectivity index (χ2v) is 7.95. The Bertz CT molecular complexity index is 649. The molecule has 0 bridgehead atoms. The molecule has 1 saturated carbocycles. The number of ether oxygens (including phenoxy) is 3. The number of hydrogen-bond donors (Lipinski definition) is 0. The molecule has 0 aliphatic heterocycles. The smallest absolute Gasteiger partial charge is 0.410 e. The number of carbonyl (C=O) groups excluding carboxylic acids is 2. The first-order valence-corrected chi connectivity index (χ1v) is 8.90. The highest BCUT2D eigenvalue weighted by molar-refractivity contribution is 9.10. The third kappa shape index (κ3) is 5.11. The summed E-state index contributed by atoms with van der Waals surface area (Å²) in [5.74, 6) is 0.269. The van der Waals surface area contributed by atoms with E-state index in [2.05, 4.69) is 15.9 Å². The van der Waals surface area contributed by atoms with Gasteiger partial charge in [0.25, 0.3) is 0 Å². The Morgan fingerprint density at radius 1 is 1.24 bits per heavy atom. The molecule has 1 aliphatic rings. The van der Waals surface area contributed by atoms with Gasteiger partial charge in [0.05, 0.1) is 17.1 Å². The third-order valence-electron chi connectivity index (χ3n) is 3.95. The Hall–Kier alpha value is -1.76. The summed E-state index contributed by atoms with van der Waals surface area (Å²) in [4.78, 5) is 25.2. The van der Waals surface area contributed by atoms with Crippen molar-refractivity contribution in [2.75, 3.05) is 14.2 Å². The normalized spacial score (nSPS) is 19.6. The summed E-state index contributed by atoms with van der Waals surface area (Å²) in [5, 5.41) is 0. The second-order valence-electron chi connectivity index (χ2n) is 7.09. The first-order valence-electron chi connectivity index (χ1n) is 8.11. The van der Waals surface area contributed by atoms with E-state index in [0.717, 1.165) is 12.8 Å². The largest absolute Gasteiger partial charge is 0.489 e. The second kappa shape index (κ2) is 7.64. The Morgan fingerprint density at radius 2 is 1.88 bits per heavy atom. The van der Waals surface area contributed by atoms with Gasteiger partial charge in [0.15, 0.2) is 0 Å². The van der Waals surface area contributed by atoms with Crippen molar-refractivity contribution in [3.05, 3.63) is 28.2 Å². The van der Waals surface area contributed by atoms with Gasteiger partial charge in [-0.2, -0.15) is 0 Å². The molecule has 7 heteroatoms. The molecule has 1 fully saturated rings. The molecule has 0 N–H and O–H groups in total. The molecular formula is C18H24BrNO5. The molecule has 0 atom stereocenters. The molecule has 138 valence electrons. The molecule has 0 radical (unpaired) electrons. The Kier molecular flexibility index (Phi) is 5.98. The highest BCUT2D eigenvalue weighted by Gasteiger charge is 2.37. The number of rotatable bonds is 4. The van der Waals surface area contributed by atoms with Crippen molar-refractivity contribution in [2.45, 2.75) is 51.4 Å². The standard InChI is InChI=1S/C18H24BrNO5/c1-18(2,3)25-17(22)20(4)12-9-13(10-12)24-15-7-6-11(8-14(15)19)16(21)23-5/h6-8,12-13H,9-10H2,1-5H3. The molecule has 1 amide bonds. The lowest BCUT2D eigenvalue weighted by Gasteiger charge is -2.41. The molecule has 2 rings (SSSR count). The van der Waals surface area contributed by atoms with Crippen LogP contribution in [-0.2, 0) is 9.47 Å². The Labute approximate surface area is 156 Å². The van der Waals surface area contributed by atoms with Crippen LogP contribution >= 0.6 is 15.9 Å². The van der Waals surface area contributed by atoms with Crippen LogP contribution in [0.1, 0.15) is 44.0 Å². The van der Waals surface area contributed by atoms with E-state index in [0.29, 0.717) is 15.8 Å². The van der Waals surface area contributed by atoms with Gasteiger partial charge in [-0.05, 0) is 54.9 Å². The predicted octanol–water partition coefficient (Wildman–Crippen LogP) is 4.01. The maximum Gasteiger partial charge on any atom is 0.410 e. The number of esters is 1. The molecule has 0 spiro atoms. The van der Waals surface area contributed by atoms with Crippen LogP contribution in [0, 0.1) is 0 Å². The summed E-state index contributed by atoms with van der Waals surface area (Å²) in [5.41, 5.74) is -0.0464. The molecule has 0 saturated heterocycles. The monoisotopic (exact) mass is 413 g/mol. The highest BCUT2D eigenvalue weighted by Crippen LogP contribution is 2.34. The predicted molar refractivity (Wildman–Crippen MR) is 96.9 cm³/mol.